The van der Waals surface area contributed by atoms with E-state index in [1.807, 2.05) is 11.6 Å². The summed E-state index contributed by atoms with van der Waals surface area (Å²) in [6.45, 7) is 0.604. The van der Waals surface area contributed by atoms with Crippen LogP contribution in [0.5, 0.6) is 0 Å². The Morgan fingerprint density at radius 3 is 2.60 bits per heavy atom. The summed E-state index contributed by atoms with van der Waals surface area (Å²) < 4.78 is 1.92. The van der Waals surface area contributed by atoms with E-state index >= 15 is 0 Å². The molecule has 6 heteroatoms. The quantitative estimate of drug-likeness (QED) is 0.853. The Morgan fingerprint density at radius 1 is 1.15 bits per heavy atom. The van der Waals surface area contributed by atoms with Gasteiger partial charge >= 0.3 is 0 Å². The van der Waals surface area contributed by atoms with Gasteiger partial charge in [0.1, 0.15) is 0 Å². The standard InChI is InChI=1S/C14H14N4O2/c1-17-8-15-6-10(17)7-16-9-3-4-11-12(5-9)14(20)18(2)13(11)19/h3-6,8,16H,7H2,1-2H3. The van der Waals surface area contributed by atoms with E-state index in [2.05, 4.69) is 10.3 Å². The molecule has 3 rings (SSSR count). The number of aromatic nitrogens is 2. The molecule has 0 spiro atoms. The topological polar surface area (TPSA) is 67.2 Å². The number of imide groups is 1. The van der Waals surface area contributed by atoms with Gasteiger partial charge in [0.25, 0.3) is 11.8 Å². The summed E-state index contributed by atoms with van der Waals surface area (Å²) in [6.07, 6.45) is 3.51. The summed E-state index contributed by atoms with van der Waals surface area (Å²) in [5, 5.41) is 3.22. The molecule has 0 radical (unpaired) electrons. The van der Waals surface area contributed by atoms with Gasteiger partial charge in [-0.3, -0.25) is 14.5 Å². The number of aryl methyl sites for hydroxylation is 1. The highest BCUT2D eigenvalue weighted by Gasteiger charge is 2.32. The second kappa shape index (κ2) is 4.48. The molecule has 1 aliphatic rings. The van der Waals surface area contributed by atoms with Crippen molar-refractivity contribution in [2.75, 3.05) is 12.4 Å². The second-order valence-electron chi connectivity index (χ2n) is 4.78. The highest BCUT2D eigenvalue weighted by molar-refractivity contribution is 6.21. The first-order valence-corrected chi connectivity index (χ1v) is 6.23. The molecule has 6 nitrogen and oxygen atoms in total. The lowest BCUT2D eigenvalue weighted by Crippen LogP contribution is -2.24. The van der Waals surface area contributed by atoms with Gasteiger partial charge in [-0.25, -0.2) is 4.98 Å². The van der Waals surface area contributed by atoms with Crippen LogP contribution in [0.15, 0.2) is 30.7 Å². The van der Waals surface area contributed by atoms with Crippen molar-refractivity contribution in [2.45, 2.75) is 6.54 Å². The largest absolute Gasteiger partial charge is 0.379 e. The number of hydrogen-bond acceptors (Lipinski definition) is 4. The Hall–Kier alpha value is -2.63. The zero-order valence-corrected chi connectivity index (χ0v) is 11.3. The summed E-state index contributed by atoms with van der Waals surface area (Å²) in [7, 11) is 3.41. The number of anilines is 1. The SMILES string of the molecule is CN1C(=O)c2ccc(NCc3cncn3C)cc2C1=O. The third-order valence-corrected chi connectivity index (χ3v) is 3.48. The molecule has 1 aromatic heterocycles. The van der Waals surface area contributed by atoms with Gasteiger partial charge in [-0.05, 0) is 18.2 Å². The lowest BCUT2D eigenvalue weighted by Gasteiger charge is -2.07. The Labute approximate surface area is 116 Å². The summed E-state index contributed by atoms with van der Waals surface area (Å²) in [5.74, 6) is -0.502. The second-order valence-corrected chi connectivity index (χ2v) is 4.78. The fraction of sp³-hybridized carbons (Fsp3) is 0.214. The predicted molar refractivity (Wildman–Crippen MR) is 73.4 cm³/mol. The average Bonchev–Trinajstić information content (AvgIpc) is 2.95. The van der Waals surface area contributed by atoms with Crippen molar-refractivity contribution in [1.82, 2.24) is 14.5 Å². The van der Waals surface area contributed by atoms with E-state index in [9.17, 15) is 9.59 Å². The lowest BCUT2D eigenvalue weighted by atomic mass is 10.1. The minimum atomic E-state index is -0.255. The number of carbonyl (C=O) groups excluding carboxylic acids is 2. The van der Waals surface area contributed by atoms with Crippen molar-refractivity contribution in [3.8, 4) is 0 Å². The van der Waals surface area contributed by atoms with Crippen LogP contribution < -0.4 is 5.32 Å². The van der Waals surface area contributed by atoms with E-state index in [1.54, 1.807) is 30.7 Å². The van der Waals surface area contributed by atoms with Gasteiger partial charge in [0.05, 0.1) is 29.7 Å². The van der Waals surface area contributed by atoms with Crippen molar-refractivity contribution >= 4 is 17.5 Å². The fourth-order valence-corrected chi connectivity index (χ4v) is 2.22. The molecule has 1 aliphatic heterocycles. The van der Waals surface area contributed by atoms with Crippen molar-refractivity contribution < 1.29 is 9.59 Å². The first-order valence-electron chi connectivity index (χ1n) is 6.23. The highest BCUT2D eigenvalue weighted by atomic mass is 16.2. The molecule has 2 amide bonds. The smallest absolute Gasteiger partial charge is 0.261 e. The normalized spacial score (nSPS) is 13.8. The molecule has 0 fully saturated rings. The van der Waals surface area contributed by atoms with Crippen LogP contribution >= 0.6 is 0 Å². The van der Waals surface area contributed by atoms with Crippen LogP contribution in [-0.2, 0) is 13.6 Å². The summed E-state index contributed by atoms with van der Waals surface area (Å²) in [6, 6.07) is 5.21. The van der Waals surface area contributed by atoms with Gasteiger partial charge < -0.3 is 9.88 Å². The van der Waals surface area contributed by atoms with Crippen LogP contribution in [0.1, 0.15) is 26.4 Å². The minimum absolute atomic E-state index is 0.247. The summed E-state index contributed by atoms with van der Waals surface area (Å²) >= 11 is 0. The van der Waals surface area contributed by atoms with Gasteiger partial charge in [0, 0.05) is 26.0 Å². The molecular weight excluding hydrogens is 256 g/mol. The highest BCUT2D eigenvalue weighted by Crippen LogP contribution is 2.24. The van der Waals surface area contributed by atoms with Gasteiger partial charge in [-0.15, -0.1) is 0 Å². The van der Waals surface area contributed by atoms with E-state index in [-0.39, 0.29) is 11.8 Å². The monoisotopic (exact) mass is 270 g/mol. The van der Waals surface area contributed by atoms with Crippen molar-refractivity contribution in [2.24, 2.45) is 7.05 Å². The molecule has 0 saturated carbocycles. The number of carbonyl (C=O) groups is 2. The average molecular weight is 270 g/mol. The molecule has 0 saturated heterocycles. The molecule has 1 N–H and O–H groups in total. The third-order valence-electron chi connectivity index (χ3n) is 3.48. The first-order chi connectivity index (χ1) is 9.58. The number of amides is 2. The maximum atomic E-state index is 11.9. The van der Waals surface area contributed by atoms with Gasteiger partial charge in [0.2, 0.25) is 0 Å². The van der Waals surface area contributed by atoms with E-state index in [0.29, 0.717) is 17.7 Å². The van der Waals surface area contributed by atoms with Crippen molar-refractivity contribution in [3.05, 3.63) is 47.5 Å². The number of imidazole rings is 1. The molecule has 0 bridgehead atoms. The zero-order valence-electron chi connectivity index (χ0n) is 11.3. The Kier molecular flexibility index (Phi) is 2.78. The number of rotatable bonds is 3. The third kappa shape index (κ3) is 1.85. The van der Waals surface area contributed by atoms with E-state index in [1.165, 1.54) is 7.05 Å². The summed E-state index contributed by atoms with van der Waals surface area (Å²) in [5.41, 5.74) is 2.75. The lowest BCUT2D eigenvalue weighted by molar-refractivity contribution is 0.0693. The predicted octanol–water partition coefficient (Wildman–Crippen LogP) is 1.26. The fourth-order valence-electron chi connectivity index (χ4n) is 2.22. The van der Waals surface area contributed by atoms with Gasteiger partial charge in [-0.2, -0.15) is 0 Å². The van der Waals surface area contributed by atoms with Crippen LogP contribution in [0.25, 0.3) is 0 Å². The Morgan fingerprint density at radius 2 is 1.90 bits per heavy atom. The number of hydrogen-bond donors (Lipinski definition) is 1. The number of benzene rings is 1. The molecule has 20 heavy (non-hydrogen) atoms. The Bertz CT molecular complexity index is 705. The number of fused-ring (bicyclic) bond motifs is 1. The van der Waals surface area contributed by atoms with E-state index in [4.69, 9.17) is 0 Å². The van der Waals surface area contributed by atoms with Crippen molar-refractivity contribution in [1.29, 1.82) is 0 Å². The van der Waals surface area contributed by atoms with E-state index < -0.39 is 0 Å². The molecule has 1 aromatic carbocycles. The molecule has 102 valence electrons. The minimum Gasteiger partial charge on any atom is -0.379 e. The van der Waals surface area contributed by atoms with Crippen molar-refractivity contribution in [3.63, 3.8) is 0 Å². The molecule has 0 unspecified atom stereocenters. The van der Waals surface area contributed by atoms with E-state index in [0.717, 1.165) is 16.3 Å². The van der Waals surface area contributed by atoms with Crippen LogP contribution in [0.4, 0.5) is 5.69 Å². The Balaban J connectivity index is 1.82. The van der Waals surface area contributed by atoms with Gasteiger partial charge in [0.15, 0.2) is 0 Å². The molecule has 0 atom stereocenters. The first kappa shape index (κ1) is 12.4. The van der Waals surface area contributed by atoms with Crippen LogP contribution in [0.2, 0.25) is 0 Å². The molecule has 2 heterocycles. The number of nitrogens with one attached hydrogen (secondary N) is 1. The van der Waals surface area contributed by atoms with Crippen LogP contribution in [0, 0.1) is 0 Å². The molecular formula is C14H14N4O2. The maximum Gasteiger partial charge on any atom is 0.261 e. The molecule has 2 aromatic rings. The maximum absolute atomic E-state index is 11.9. The van der Waals surface area contributed by atoms with Gasteiger partial charge in [-0.1, -0.05) is 0 Å². The van der Waals surface area contributed by atoms with Crippen LogP contribution in [-0.4, -0.2) is 33.3 Å². The number of nitrogens with zero attached hydrogens (tertiary/aromatic N) is 3. The molecule has 0 aliphatic carbocycles. The summed E-state index contributed by atoms with van der Waals surface area (Å²) in [4.78, 5) is 28.9. The zero-order chi connectivity index (χ0) is 14.3. The van der Waals surface area contributed by atoms with Crippen LogP contribution in [0.3, 0.4) is 0 Å².